The minimum Gasteiger partial charge on any atom is -0.329 e. The Kier molecular flexibility index (Phi) is 3.40. The van der Waals surface area contributed by atoms with E-state index in [1.165, 1.54) is 37.7 Å². The summed E-state index contributed by atoms with van der Waals surface area (Å²) in [7, 11) is 2.25. The quantitative estimate of drug-likeness (QED) is 0.862. The fraction of sp³-hybridized carbons (Fsp3) is 0.625. The molecule has 2 saturated carbocycles. The predicted octanol–water partition coefficient (Wildman–Crippen LogP) is 3.05. The minimum atomic E-state index is 0.409. The second kappa shape index (κ2) is 5.02. The molecule has 2 heteroatoms. The van der Waals surface area contributed by atoms with Gasteiger partial charge in [-0.3, -0.25) is 4.90 Å². The molecule has 2 fully saturated rings. The summed E-state index contributed by atoms with van der Waals surface area (Å²) >= 11 is 0. The Morgan fingerprint density at radius 2 is 1.94 bits per heavy atom. The van der Waals surface area contributed by atoms with Crippen LogP contribution in [0.5, 0.6) is 0 Å². The second-order valence-corrected chi connectivity index (χ2v) is 5.90. The van der Waals surface area contributed by atoms with E-state index in [9.17, 15) is 0 Å². The number of rotatable bonds is 5. The van der Waals surface area contributed by atoms with Crippen molar-refractivity contribution in [1.29, 1.82) is 0 Å². The maximum absolute atomic E-state index is 6.07. The summed E-state index contributed by atoms with van der Waals surface area (Å²) in [6, 6.07) is 10.1. The van der Waals surface area contributed by atoms with Gasteiger partial charge in [-0.25, -0.2) is 0 Å². The Balaban J connectivity index is 1.85. The molecule has 3 rings (SSSR count). The van der Waals surface area contributed by atoms with Crippen LogP contribution in [0, 0.1) is 0 Å². The van der Waals surface area contributed by atoms with Gasteiger partial charge in [-0.2, -0.15) is 0 Å². The Morgan fingerprint density at radius 1 is 1.22 bits per heavy atom. The number of hydrogen-bond acceptors (Lipinski definition) is 2. The molecule has 0 spiro atoms. The zero-order valence-electron chi connectivity index (χ0n) is 11.3. The van der Waals surface area contributed by atoms with E-state index in [-0.39, 0.29) is 0 Å². The fourth-order valence-electron chi connectivity index (χ4n) is 3.14. The third kappa shape index (κ3) is 2.19. The number of benzene rings is 1. The molecule has 2 N–H and O–H groups in total. The largest absolute Gasteiger partial charge is 0.329 e. The molecule has 98 valence electrons. The van der Waals surface area contributed by atoms with Gasteiger partial charge >= 0.3 is 0 Å². The molecule has 18 heavy (non-hydrogen) atoms. The van der Waals surface area contributed by atoms with E-state index < -0.39 is 0 Å². The van der Waals surface area contributed by atoms with Crippen molar-refractivity contribution in [3.63, 3.8) is 0 Å². The standard InChI is InChI=1S/C16H24N2/c1-18(13-5-4-6-13)16(11-17)15-8-3-2-7-14(15)12-9-10-12/h2-3,7-8,12-13,16H,4-6,9-11,17H2,1H3. The first-order valence-corrected chi connectivity index (χ1v) is 7.32. The van der Waals surface area contributed by atoms with E-state index in [1.54, 1.807) is 5.56 Å². The molecule has 0 bridgehead atoms. The van der Waals surface area contributed by atoms with Crippen LogP contribution in [0.4, 0.5) is 0 Å². The Labute approximate surface area is 110 Å². The minimum absolute atomic E-state index is 0.409. The van der Waals surface area contributed by atoms with Gasteiger partial charge in [0.1, 0.15) is 0 Å². The van der Waals surface area contributed by atoms with Gasteiger partial charge in [0.25, 0.3) is 0 Å². The second-order valence-electron chi connectivity index (χ2n) is 5.90. The fourth-order valence-corrected chi connectivity index (χ4v) is 3.14. The average Bonchev–Trinajstić information content (AvgIpc) is 3.12. The number of likely N-dealkylation sites (N-methyl/N-ethyl adjacent to an activating group) is 1. The molecule has 0 heterocycles. The van der Waals surface area contributed by atoms with Gasteiger partial charge in [0.2, 0.25) is 0 Å². The van der Waals surface area contributed by atoms with E-state index in [1.807, 2.05) is 0 Å². The molecule has 1 aromatic carbocycles. The molecular formula is C16H24N2. The average molecular weight is 244 g/mol. The van der Waals surface area contributed by atoms with Gasteiger partial charge < -0.3 is 5.73 Å². The zero-order chi connectivity index (χ0) is 12.5. The van der Waals surface area contributed by atoms with Crippen molar-refractivity contribution in [1.82, 2.24) is 4.90 Å². The predicted molar refractivity (Wildman–Crippen MR) is 75.6 cm³/mol. The number of nitrogens with zero attached hydrogens (tertiary/aromatic N) is 1. The summed E-state index contributed by atoms with van der Waals surface area (Å²) < 4.78 is 0. The topological polar surface area (TPSA) is 29.3 Å². The zero-order valence-corrected chi connectivity index (χ0v) is 11.3. The van der Waals surface area contributed by atoms with E-state index in [2.05, 4.69) is 36.2 Å². The molecule has 2 nitrogen and oxygen atoms in total. The first-order chi connectivity index (χ1) is 8.81. The Hall–Kier alpha value is -0.860. The summed E-state index contributed by atoms with van der Waals surface area (Å²) in [5, 5.41) is 0. The van der Waals surface area contributed by atoms with Crippen molar-refractivity contribution >= 4 is 0 Å². The van der Waals surface area contributed by atoms with Crippen molar-refractivity contribution in [3.05, 3.63) is 35.4 Å². The van der Waals surface area contributed by atoms with Gasteiger partial charge in [-0.15, -0.1) is 0 Å². The Bertz CT molecular complexity index is 407. The molecule has 2 aliphatic carbocycles. The van der Waals surface area contributed by atoms with Crippen LogP contribution in [-0.4, -0.2) is 24.5 Å². The van der Waals surface area contributed by atoms with Gasteiger partial charge in [-0.05, 0) is 49.8 Å². The highest BCUT2D eigenvalue weighted by molar-refractivity contribution is 5.36. The first-order valence-electron chi connectivity index (χ1n) is 7.32. The van der Waals surface area contributed by atoms with Crippen LogP contribution in [0.15, 0.2) is 24.3 Å². The lowest BCUT2D eigenvalue weighted by atomic mass is 9.88. The maximum Gasteiger partial charge on any atom is 0.0473 e. The molecule has 0 aliphatic heterocycles. The van der Waals surface area contributed by atoms with E-state index in [0.717, 1.165) is 18.5 Å². The lowest BCUT2D eigenvalue weighted by molar-refractivity contribution is 0.113. The van der Waals surface area contributed by atoms with Crippen molar-refractivity contribution in [2.45, 2.75) is 50.1 Å². The number of nitrogens with two attached hydrogens (primary N) is 1. The lowest BCUT2D eigenvalue weighted by Gasteiger charge is -2.40. The normalized spacial score (nSPS) is 21.9. The molecule has 1 aromatic rings. The van der Waals surface area contributed by atoms with E-state index >= 15 is 0 Å². The third-order valence-electron chi connectivity index (χ3n) is 4.74. The van der Waals surface area contributed by atoms with Gasteiger partial charge in [0.15, 0.2) is 0 Å². The van der Waals surface area contributed by atoms with Crippen molar-refractivity contribution < 1.29 is 0 Å². The summed E-state index contributed by atoms with van der Waals surface area (Å²) in [4.78, 5) is 2.52. The smallest absolute Gasteiger partial charge is 0.0473 e. The van der Waals surface area contributed by atoms with Crippen LogP contribution in [0.2, 0.25) is 0 Å². The highest BCUT2D eigenvalue weighted by atomic mass is 15.2. The molecule has 2 aliphatic rings. The molecule has 1 atom stereocenters. The highest BCUT2D eigenvalue weighted by Gasteiger charge is 2.32. The molecule has 0 radical (unpaired) electrons. The van der Waals surface area contributed by atoms with Crippen molar-refractivity contribution in [2.24, 2.45) is 5.73 Å². The first kappa shape index (κ1) is 12.2. The van der Waals surface area contributed by atoms with E-state index in [4.69, 9.17) is 5.73 Å². The summed E-state index contributed by atoms with van der Waals surface area (Å²) in [6.07, 6.45) is 6.80. The molecule has 1 unspecified atom stereocenters. The van der Waals surface area contributed by atoms with Crippen LogP contribution in [-0.2, 0) is 0 Å². The van der Waals surface area contributed by atoms with Gasteiger partial charge in [0.05, 0.1) is 0 Å². The van der Waals surface area contributed by atoms with Crippen LogP contribution < -0.4 is 5.73 Å². The monoisotopic (exact) mass is 244 g/mol. The van der Waals surface area contributed by atoms with Crippen molar-refractivity contribution in [3.8, 4) is 0 Å². The highest BCUT2D eigenvalue weighted by Crippen LogP contribution is 2.44. The third-order valence-corrected chi connectivity index (χ3v) is 4.74. The van der Waals surface area contributed by atoms with E-state index in [0.29, 0.717) is 6.04 Å². The lowest BCUT2D eigenvalue weighted by Crippen LogP contribution is -2.42. The SMILES string of the molecule is CN(C1CCC1)C(CN)c1ccccc1C1CC1. The van der Waals surface area contributed by atoms with Crippen LogP contribution in [0.3, 0.4) is 0 Å². The molecule has 0 saturated heterocycles. The maximum atomic E-state index is 6.07. The van der Waals surface area contributed by atoms with Gasteiger partial charge in [0, 0.05) is 18.6 Å². The molecular weight excluding hydrogens is 220 g/mol. The summed E-state index contributed by atoms with van der Waals surface area (Å²) in [5.41, 5.74) is 9.11. The number of hydrogen-bond donors (Lipinski definition) is 1. The summed E-state index contributed by atoms with van der Waals surface area (Å²) in [6.45, 7) is 0.733. The molecule has 0 amide bonds. The van der Waals surface area contributed by atoms with Crippen LogP contribution >= 0.6 is 0 Å². The molecule has 0 aromatic heterocycles. The Morgan fingerprint density at radius 3 is 2.50 bits per heavy atom. The van der Waals surface area contributed by atoms with Crippen molar-refractivity contribution in [2.75, 3.05) is 13.6 Å². The van der Waals surface area contributed by atoms with Crippen LogP contribution in [0.25, 0.3) is 0 Å². The van der Waals surface area contributed by atoms with Crippen LogP contribution in [0.1, 0.15) is 55.2 Å². The summed E-state index contributed by atoms with van der Waals surface area (Å²) in [5.74, 6) is 0.810. The van der Waals surface area contributed by atoms with Gasteiger partial charge in [-0.1, -0.05) is 30.7 Å².